The first-order valence-electron chi connectivity index (χ1n) is 8.21. The van der Waals surface area contributed by atoms with Crippen molar-refractivity contribution in [1.82, 2.24) is 0 Å². The Hall–Kier alpha value is -1.55. The Morgan fingerprint density at radius 3 is 2.52 bits per heavy atom. The van der Waals surface area contributed by atoms with Crippen LogP contribution in [0.1, 0.15) is 17.2 Å². The van der Waals surface area contributed by atoms with Gasteiger partial charge in [0.05, 0.1) is 26.2 Å². The lowest BCUT2D eigenvalue weighted by Crippen LogP contribution is -3.15. The number of piperazine rings is 1. The highest BCUT2D eigenvalue weighted by molar-refractivity contribution is 6.30. The predicted octanol–water partition coefficient (Wildman–Crippen LogP) is 2.09. The molecule has 1 fully saturated rings. The van der Waals surface area contributed by atoms with Crippen molar-refractivity contribution in [2.45, 2.75) is 13.0 Å². The number of anilines is 1. The number of nitrogens with one attached hydrogen (secondary N) is 1. The lowest BCUT2D eigenvalue weighted by atomic mass is 10.1. The van der Waals surface area contributed by atoms with E-state index in [4.69, 9.17) is 11.6 Å². The molecule has 3 rings (SSSR count). The number of nitrogens with zero attached hydrogens (tertiary/aromatic N) is 1. The van der Waals surface area contributed by atoms with Crippen LogP contribution in [0.3, 0.4) is 0 Å². The molecule has 1 atom stereocenters. The molecule has 1 saturated heterocycles. The minimum absolute atomic E-state index is 0.384. The summed E-state index contributed by atoms with van der Waals surface area (Å²) < 4.78 is 0. The molecular formula is C19H24ClN2O+. The van der Waals surface area contributed by atoms with E-state index in [-0.39, 0.29) is 6.10 Å². The molecule has 0 amide bonds. The SMILES string of the molecule is Cc1ccc(Cl)cc1N1CC[NH+](C[C@H](O)c2ccccc2)CC1. The van der Waals surface area contributed by atoms with Crippen LogP contribution in [-0.2, 0) is 0 Å². The minimum atomic E-state index is -0.384. The van der Waals surface area contributed by atoms with Gasteiger partial charge in [0.15, 0.2) is 0 Å². The number of aliphatic hydroxyl groups excluding tert-OH is 1. The van der Waals surface area contributed by atoms with Crippen LogP contribution in [0.2, 0.25) is 5.02 Å². The van der Waals surface area contributed by atoms with E-state index >= 15 is 0 Å². The van der Waals surface area contributed by atoms with Crippen LogP contribution in [-0.4, -0.2) is 37.8 Å². The zero-order valence-corrected chi connectivity index (χ0v) is 14.3. The molecule has 3 nitrogen and oxygen atoms in total. The van der Waals surface area contributed by atoms with Gasteiger partial charge in [0, 0.05) is 10.7 Å². The molecule has 0 spiro atoms. The molecule has 0 aliphatic carbocycles. The number of hydrogen-bond donors (Lipinski definition) is 2. The Morgan fingerprint density at radius 2 is 1.83 bits per heavy atom. The summed E-state index contributed by atoms with van der Waals surface area (Å²) in [5.41, 5.74) is 3.51. The summed E-state index contributed by atoms with van der Waals surface area (Å²) in [6.45, 7) is 6.97. The fourth-order valence-corrected chi connectivity index (χ4v) is 3.42. The summed E-state index contributed by atoms with van der Waals surface area (Å²) in [6, 6.07) is 16.0. The van der Waals surface area contributed by atoms with Gasteiger partial charge in [-0.25, -0.2) is 0 Å². The van der Waals surface area contributed by atoms with Crippen LogP contribution in [0.25, 0.3) is 0 Å². The van der Waals surface area contributed by atoms with E-state index in [1.807, 2.05) is 36.4 Å². The largest absolute Gasteiger partial charge is 0.382 e. The van der Waals surface area contributed by atoms with Crippen LogP contribution < -0.4 is 9.80 Å². The normalized spacial score (nSPS) is 17.3. The van der Waals surface area contributed by atoms with Crippen LogP contribution in [0.15, 0.2) is 48.5 Å². The first kappa shape index (κ1) is 16.3. The van der Waals surface area contributed by atoms with Gasteiger partial charge in [0.25, 0.3) is 0 Å². The van der Waals surface area contributed by atoms with Crippen molar-refractivity contribution in [1.29, 1.82) is 0 Å². The molecule has 1 aliphatic rings. The second kappa shape index (κ2) is 7.35. The molecule has 0 unspecified atom stereocenters. The van der Waals surface area contributed by atoms with Crippen molar-refractivity contribution in [2.75, 3.05) is 37.6 Å². The number of aliphatic hydroxyl groups is 1. The predicted molar refractivity (Wildman–Crippen MR) is 95.4 cm³/mol. The third-order valence-electron chi connectivity index (χ3n) is 4.65. The van der Waals surface area contributed by atoms with Gasteiger partial charge in [-0.2, -0.15) is 0 Å². The lowest BCUT2D eigenvalue weighted by molar-refractivity contribution is -0.904. The Kier molecular flexibility index (Phi) is 5.21. The van der Waals surface area contributed by atoms with E-state index in [0.717, 1.165) is 43.3 Å². The standard InChI is InChI=1S/C19H23ClN2O/c1-15-7-8-17(20)13-18(15)22-11-9-21(10-12-22)14-19(23)16-5-3-2-4-6-16/h2-8,13,19,23H,9-12,14H2,1H3/p+1/t19-/m0/s1. The highest BCUT2D eigenvalue weighted by Gasteiger charge is 2.23. The maximum Gasteiger partial charge on any atom is 0.128 e. The zero-order chi connectivity index (χ0) is 16.2. The number of halogens is 1. The minimum Gasteiger partial charge on any atom is -0.382 e. The number of aryl methyl sites for hydroxylation is 1. The highest BCUT2D eigenvalue weighted by Crippen LogP contribution is 2.24. The quantitative estimate of drug-likeness (QED) is 0.898. The molecule has 0 aromatic heterocycles. The molecule has 122 valence electrons. The molecular weight excluding hydrogens is 308 g/mol. The molecule has 0 bridgehead atoms. The van der Waals surface area contributed by atoms with Crippen molar-refractivity contribution >= 4 is 17.3 Å². The van der Waals surface area contributed by atoms with E-state index in [2.05, 4.69) is 24.0 Å². The molecule has 23 heavy (non-hydrogen) atoms. The second-order valence-corrected chi connectivity index (χ2v) is 6.73. The Labute approximate surface area is 143 Å². The molecule has 0 saturated carbocycles. The molecule has 1 heterocycles. The van der Waals surface area contributed by atoms with E-state index in [0.29, 0.717) is 0 Å². The van der Waals surface area contributed by atoms with Crippen LogP contribution in [0.5, 0.6) is 0 Å². The van der Waals surface area contributed by atoms with Gasteiger partial charge in [0.1, 0.15) is 12.6 Å². The van der Waals surface area contributed by atoms with Crippen molar-refractivity contribution in [2.24, 2.45) is 0 Å². The molecule has 2 aromatic carbocycles. The fourth-order valence-electron chi connectivity index (χ4n) is 3.26. The van der Waals surface area contributed by atoms with Gasteiger partial charge in [-0.05, 0) is 30.2 Å². The Morgan fingerprint density at radius 1 is 1.13 bits per heavy atom. The van der Waals surface area contributed by atoms with E-state index in [9.17, 15) is 5.11 Å². The summed E-state index contributed by atoms with van der Waals surface area (Å²) in [5.74, 6) is 0. The summed E-state index contributed by atoms with van der Waals surface area (Å²) in [7, 11) is 0. The first-order chi connectivity index (χ1) is 11.1. The third kappa shape index (κ3) is 4.05. The van der Waals surface area contributed by atoms with E-state index in [1.54, 1.807) is 0 Å². The van der Waals surface area contributed by atoms with Crippen LogP contribution in [0.4, 0.5) is 5.69 Å². The van der Waals surface area contributed by atoms with Gasteiger partial charge >= 0.3 is 0 Å². The van der Waals surface area contributed by atoms with Gasteiger partial charge < -0.3 is 14.9 Å². The van der Waals surface area contributed by atoms with E-state index in [1.165, 1.54) is 16.2 Å². The number of quaternary nitrogens is 1. The Balaban J connectivity index is 1.57. The molecule has 4 heteroatoms. The van der Waals surface area contributed by atoms with Crippen molar-refractivity contribution in [3.05, 3.63) is 64.7 Å². The van der Waals surface area contributed by atoms with Gasteiger partial charge in [-0.3, -0.25) is 0 Å². The number of rotatable bonds is 4. The summed E-state index contributed by atoms with van der Waals surface area (Å²) in [4.78, 5) is 3.86. The van der Waals surface area contributed by atoms with E-state index < -0.39 is 0 Å². The molecule has 0 radical (unpaired) electrons. The fraction of sp³-hybridized carbons (Fsp3) is 0.368. The molecule has 2 aromatic rings. The van der Waals surface area contributed by atoms with Crippen molar-refractivity contribution < 1.29 is 10.0 Å². The lowest BCUT2D eigenvalue weighted by Gasteiger charge is -2.35. The van der Waals surface area contributed by atoms with Gasteiger partial charge in [-0.1, -0.05) is 48.0 Å². The second-order valence-electron chi connectivity index (χ2n) is 6.30. The van der Waals surface area contributed by atoms with Gasteiger partial charge in [0.2, 0.25) is 0 Å². The van der Waals surface area contributed by atoms with Crippen LogP contribution in [0, 0.1) is 6.92 Å². The number of hydrogen-bond acceptors (Lipinski definition) is 2. The van der Waals surface area contributed by atoms with Crippen molar-refractivity contribution in [3.8, 4) is 0 Å². The van der Waals surface area contributed by atoms with Crippen LogP contribution >= 0.6 is 11.6 Å². The monoisotopic (exact) mass is 331 g/mol. The van der Waals surface area contributed by atoms with Gasteiger partial charge in [-0.15, -0.1) is 0 Å². The smallest absolute Gasteiger partial charge is 0.128 e. The number of benzene rings is 2. The molecule has 2 N–H and O–H groups in total. The maximum atomic E-state index is 10.4. The average Bonchev–Trinajstić information content (AvgIpc) is 2.58. The Bertz CT molecular complexity index is 639. The third-order valence-corrected chi connectivity index (χ3v) is 4.88. The maximum absolute atomic E-state index is 10.4. The first-order valence-corrected chi connectivity index (χ1v) is 8.59. The average molecular weight is 332 g/mol. The highest BCUT2D eigenvalue weighted by atomic mass is 35.5. The zero-order valence-electron chi connectivity index (χ0n) is 13.5. The van der Waals surface area contributed by atoms with Crippen molar-refractivity contribution in [3.63, 3.8) is 0 Å². The topological polar surface area (TPSA) is 27.9 Å². The summed E-state index contributed by atoms with van der Waals surface area (Å²) in [6.07, 6.45) is -0.384. The summed E-state index contributed by atoms with van der Waals surface area (Å²) in [5, 5.41) is 11.2. The molecule has 1 aliphatic heterocycles. The summed E-state index contributed by atoms with van der Waals surface area (Å²) >= 11 is 6.14.